The number of carboxylic acid groups (broad SMARTS) is 1. The van der Waals surface area contributed by atoms with Crippen molar-refractivity contribution in [1.82, 2.24) is 10.2 Å². The minimum absolute atomic E-state index is 0.166. The predicted molar refractivity (Wildman–Crippen MR) is 94.8 cm³/mol. The van der Waals surface area contributed by atoms with Crippen molar-refractivity contribution < 1.29 is 52.7 Å². The molecule has 176 valence electrons. The number of carbonyl (C=O) groups is 3. The zero-order valence-corrected chi connectivity index (χ0v) is 16.2. The predicted octanol–water partition coefficient (Wildman–Crippen LogP) is -0.988. The number of urea groups is 1. The van der Waals surface area contributed by atoms with E-state index in [-0.39, 0.29) is 11.7 Å². The lowest BCUT2D eigenvalue weighted by Gasteiger charge is -2.37. The normalized spacial score (nSPS) is 33.6. The number of aliphatic hydroxyl groups excluding tert-OH is 3. The standard InChI is InChI=1S/C15H23N3O6.C2HF3O2/c16-15(12(22)8-3-1-2-4-8)5-6-18(14(23)17-15)13-11(21)10(20)9(7-19)24-13;3-2(4,5)1(6)7/h5-6,8-11,13,19-21H,1-4,7,16H2,(H,17,23);(H,6,7)/t9-,10-,11-,13-,15?;/m1./s1. The second kappa shape index (κ2) is 9.48. The van der Waals surface area contributed by atoms with Gasteiger partial charge in [0.2, 0.25) is 0 Å². The number of alkyl halides is 3. The molecule has 2 fully saturated rings. The van der Waals surface area contributed by atoms with Crippen LogP contribution in [0.3, 0.4) is 0 Å². The van der Waals surface area contributed by atoms with Crippen LogP contribution in [0.25, 0.3) is 0 Å². The van der Waals surface area contributed by atoms with Gasteiger partial charge in [0.05, 0.1) is 6.61 Å². The molecule has 31 heavy (non-hydrogen) atoms. The van der Waals surface area contributed by atoms with Crippen LogP contribution < -0.4 is 11.1 Å². The molecule has 7 N–H and O–H groups in total. The van der Waals surface area contributed by atoms with Crippen LogP contribution in [0.1, 0.15) is 25.7 Å². The maximum Gasteiger partial charge on any atom is 0.490 e. The fraction of sp³-hybridized carbons (Fsp3) is 0.706. The van der Waals surface area contributed by atoms with Crippen molar-refractivity contribution in [3.63, 3.8) is 0 Å². The van der Waals surface area contributed by atoms with E-state index in [4.69, 9.17) is 25.5 Å². The van der Waals surface area contributed by atoms with Gasteiger partial charge in [0.1, 0.15) is 18.3 Å². The zero-order chi connectivity index (χ0) is 23.6. The average molecular weight is 455 g/mol. The molecule has 0 aromatic heterocycles. The zero-order valence-electron chi connectivity index (χ0n) is 16.2. The van der Waals surface area contributed by atoms with Gasteiger partial charge in [-0.1, -0.05) is 12.8 Å². The highest BCUT2D eigenvalue weighted by Crippen LogP contribution is 2.30. The molecule has 0 aromatic rings. The van der Waals surface area contributed by atoms with Crippen LogP contribution in [0.15, 0.2) is 12.3 Å². The van der Waals surface area contributed by atoms with E-state index in [0.29, 0.717) is 0 Å². The highest BCUT2D eigenvalue weighted by molar-refractivity contribution is 5.96. The van der Waals surface area contributed by atoms with E-state index in [1.54, 1.807) is 0 Å². The minimum atomic E-state index is -5.08. The fourth-order valence-corrected chi connectivity index (χ4v) is 3.53. The van der Waals surface area contributed by atoms with Crippen LogP contribution in [-0.4, -0.2) is 86.1 Å². The fourth-order valence-electron chi connectivity index (χ4n) is 3.53. The SMILES string of the molecule is NC1(C(=O)C2CCCC2)C=CN([C@@H]2O[C@H](CO)[C@@H](O)[C@H]2O)C(=O)N1.O=C(O)C(F)(F)F. The third kappa shape index (κ3) is 5.51. The molecule has 1 unspecified atom stereocenters. The summed E-state index contributed by atoms with van der Waals surface area (Å²) in [5.74, 6) is -3.15. The number of halogens is 3. The third-order valence-corrected chi connectivity index (χ3v) is 5.21. The molecule has 2 amide bonds. The lowest BCUT2D eigenvalue weighted by atomic mass is 9.91. The topological polar surface area (TPSA) is 183 Å². The number of nitrogens with one attached hydrogen (secondary N) is 1. The van der Waals surface area contributed by atoms with Crippen molar-refractivity contribution in [2.75, 3.05) is 6.61 Å². The maximum atomic E-state index is 12.5. The van der Waals surface area contributed by atoms with Crippen LogP contribution >= 0.6 is 0 Å². The molecule has 0 bridgehead atoms. The van der Waals surface area contributed by atoms with Crippen molar-refractivity contribution in [1.29, 1.82) is 0 Å². The van der Waals surface area contributed by atoms with Crippen molar-refractivity contribution in [3.8, 4) is 0 Å². The first-order valence-electron chi connectivity index (χ1n) is 9.37. The summed E-state index contributed by atoms with van der Waals surface area (Å²) in [5.41, 5.74) is 4.48. The summed E-state index contributed by atoms with van der Waals surface area (Å²) in [4.78, 5) is 34.8. The lowest BCUT2D eigenvalue weighted by molar-refractivity contribution is -0.192. The summed E-state index contributed by atoms with van der Waals surface area (Å²) in [7, 11) is 0. The number of hydrogen-bond acceptors (Lipinski definition) is 8. The second-order valence-corrected chi connectivity index (χ2v) is 7.40. The van der Waals surface area contributed by atoms with Gasteiger partial charge in [0.25, 0.3) is 0 Å². The van der Waals surface area contributed by atoms with Gasteiger partial charge < -0.3 is 30.5 Å². The number of ether oxygens (including phenoxy) is 1. The molecule has 3 rings (SSSR count). The van der Waals surface area contributed by atoms with Crippen molar-refractivity contribution >= 4 is 17.8 Å². The first-order chi connectivity index (χ1) is 14.3. The Bertz CT molecular complexity index is 728. The molecule has 3 aliphatic rings. The van der Waals surface area contributed by atoms with Crippen molar-refractivity contribution in [2.24, 2.45) is 11.7 Å². The van der Waals surface area contributed by atoms with Crippen LogP contribution in [0, 0.1) is 5.92 Å². The summed E-state index contributed by atoms with van der Waals surface area (Å²) in [5, 5.41) is 38.5. The van der Waals surface area contributed by atoms with Crippen LogP contribution in [-0.2, 0) is 14.3 Å². The number of hydrogen-bond donors (Lipinski definition) is 6. The van der Waals surface area contributed by atoms with E-state index >= 15 is 0 Å². The summed E-state index contributed by atoms with van der Waals surface area (Å²) >= 11 is 0. The monoisotopic (exact) mass is 455 g/mol. The number of amides is 2. The van der Waals surface area contributed by atoms with Gasteiger partial charge in [0.15, 0.2) is 17.7 Å². The summed E-state index contributed by atoms with van der Waals surface area (Å²) in [6, 6.07) is -0.707. The summed E-state index contributed by atoms with van der Waals surface area (Å²) in [6.45, 7) is -0.491. The Morgan fingerprint density at radius 3 is 2.23 bits per heavy atom. The van der Waals surface area contributed by atoms with Gasteiger partial charge >= 0.3 is 18.2 Å². The Balaban J connectivity index is 0.000000423. The molecule has 1 saturated heterocycles. The Morgan fingerprint density at radius 1 is 1.26 bits per heavy atom. The Kier molecular flexibility index (Phi) is 7.65. The van der Waals surface area contributed by atoms with Gasteiger partial charge in [-0.05, 0) is 18.9 Å². The molecule has 0 radical (unpaired) electrons. The molecule has 5 atom stereocenters. The number of aliphatic hydroxyl groups is 3. The maximum absolute atomic E-state index is 12.5. The molecule has 14 heteroatoms. The van der Waals surface area contributed by atoms with E-state index in [2.05, 4.69) is 5.32 Å². The average Bonchev–Trinajstić information content (AvgIpc) is 3.31. The third-order valence-electron chi connectivity index (χ3n) is 5.21. The van der Waals surface area contributed by atoms with E-state index in [1.165, 1.54) is 12.3 Å². The summed E-state index contributed by atoms with van der Waals surface area (Å²) < 4.78 is 37.0. The molecule has 1 saturated carbocycles. The largest absolute Gasteiger partial charge is 0.490 e. The Labute approximate surface area is 174 Å². The lowest BCUT2D eigenvalue weighted by Crippen LogP contribution is -2.67. The van der Waals surface area contributed by atoms with Crippen molar-refractivity contribution in [2.45, 2.75) is 62.1 Å². The van der Waals surface area contributed by atoms with Crippen molar-refractivity contribution in [3.05, 3.63) is 12.3 Å². The highest BCUT2D eigenvalue weighted by Gasteiger charge is 2.49. The Morgan fingerprint density at radius 2 is 1.81 bits per heavy atom. The van der Waals surface area contributed by atoms with E-state index in [0.717, 1.165) is 30.6 Å². The van der Waals surface area contributed by atoms with E-state index < -0.39 is 55.0 Å². The first-order valence-corrected chi connectivity index (χ1v) is 9.37. The number of carboxylic acids is 1. The number of nitrogens with zero attached hydrogens (tertiary/aromatic N) is 1. The molecule has 0 aromatic carbocycles. The number of carbonyl (C=O) groups excluding carboxylic acids is 2. The van der Waals surface area contributed by atoms with E-state index in [9.17, 15) is 33.0 Å². The van der Waals surface area contributed by atoms with Gasteiger partial charge in [-0.25, -0.2) is 9.59 Å². The van der Waals surface area contributed by atoms with Crippen LogP contribution in [0.4, 0.5) is 18.0 Å². The van der Waals surface area contributed by atoms with Crippen LogP contribution in [0.5, 0.6) is 0 Å². The molecule has 2 heterocycles. The molecule has 2 aliphatic heterocycles. The van der Waals surface area contributed by atoms with Gasteiger partial charge in [-0.3, -0.25) is 15.4 Å². The molecule has 0 spiro atoms. The molecular formula is C17H24F3N3O8. The summed E-state index contributed by atoms with van der Waals surface area (Å²) in [6.07, 6.45) is -3.82. The van der Waals surface area contributed by atoms with E-state index in [1.807, 2.05) is 0 Å². The number of ketones is 1. The number of rotatable bonds is 4. The van der Waals surface area contributed by atoms with Gasteiger partial charge in [-0.15, -0.1) is 0 Å². The number of Topliss-reactive ketones (excluding diaryl/α,β-unsaturated/α-hetero) is 1. The molecule has 1 aliphatic carbocycles. The smallest absolute Gasteiger partial charge is 0.475 e. The Hall–Kier alpha value is -2.26. The minimum Gasteiger partial charge on any atom is -0.475 e. The second-order valence-electron chi connectivity index (χ2n) is 7.40. The number of aliphatic carboxylic acids is 1. The van der Waals surface area contributed by atoms with Gasteiger partial charge in [0, 0.05) is 12.1 Å². The number of nitrogens with two attached hydrogens (primary N) is 1. The first kappa shape index (κ1) is 25.0. The molecule has 11 nitrogen and oxygen atoms in total. The molecular weight excluding hydrogens is 431 g/mol. The quantitative estimate of drug-likeness (QED) is 0.310. The highest BCUT2D eigenvalue weighted by atomic mass is 19.4. The van der Waals surface area contributed by atoms with Gasteiger partial charge in [-0.2, -0.15) is 13.2 Å². The van der Waals surface area contributed by atoms with Crippen LogP contribution in [0.2, 0.25) is 0 Å².